The molecule has 1 saturated carbocycles. The molecule has 3 N–H and O–H groups in total. The molecule has 1 atom stereocenters. The largest absolute Gasteiger partial charge is 0.323 e. The van der Waals surface area contributed by atoms with Gasteiger partial charge in [-0.3, -0.25) is 0 Å². The van der Waals surface area contributed by atoms with E-state index in [0.29, 0.717) is 6.04 Å². The van der Waals surface area contributed by atoms with Crippen LogP contribution in [0.1, 0.15) is 51.0 Å². The third kappa shape index (κ3) is 5.58. The van der Waals surface area contributed by atoms with Gasteiger partial charge in [-0.1, -0.05) is 50.3 Å². The lowest BCUT2D eigenvalue weighted by Gasteiger charge is -2.25. The van der Waals surface area contributed by atoms with Crippen LogP contribution in [0.25, 0.3) is 10.2 Å². The molecular weight excluding hydrogens is 392 g/mol. The molecular formula is C24H30N4OS. The number of nitrogens with zero attached hydrogens (tertiary/aromatic N) is 1. The van der Waals surface area contributed by atoms with E-state index in [1.807, 2.05) is 41.9 Å². The molecule has 4 rings (SSSR count). The van der Waals surface area contributed by atoms with Gasteiger partial charge in [-0.2, -0.15) is 0 Å². The number of hydrogen-bond donors (Lipinski definition) is 3. The van der Waals surface area contributed by atoms with Crippen molar-refractivity contribution in [1.82, 2.24) is 10.3 Å². The molecule has 1 heterocycles. The normalized spacial score (nSPS) is 15.8. The molecule has 1 aliphatic carbocycles. The SMILES string of the molecule is C[C@@H](CC1CCCCC1)NCc1ccccc1NC(=O)Nc1ccc2ncsc2c1. The molecule has 3 aromatic rings. The number of carbonyl (C=O) groups is 1. The molecule has 0 aliphatic heterocycles. The summed E-state index contributed by atoms with van der Waals surface area (Å²) < 4.78 is 1.06. The summed E-state index contributed by atoms with van der Waals surface area (Å²) in [5, 5.41) is 9.58. The van der Waals surface area contributed by atoms with Crippen molar-refractivity contribution in [2.45, 2.75) is 58.0 Å². The van der Waals surface area contributed by atoms with Crippen molar-refractivity contribution in [3.05, 3.63) is 53.5 Å². The summed E-state index contributed by atoms with van der Waals surface area (Å²) in [6.45, 7) is 3.02. The number of benzene rings is 2. The van der Waals surface area contributed by atoms with E-state index < -0.39 is 0 Å². The number of amides is 2. The number of aromatic nitrogens is 1. The molecule has 0 radical (unpaired) electrons. The molecule has 1 aliphatic rings. The van der Waals surface area contributed by atoms with Crippen LogP contribution in [0.4, 0.5) is 16.2 Å². The first-order chi connectivity index (χ1) is 14.7. The van der Waals surface area contributed by atoms with Gasteiger partial charge in [0.2, 0.25) is 0 Å². The highest BCUT2D eigenvalue weighted by molar-refractivity contribution is 7.16. The molecule has 30 heavy (non-hydrogen) atoms. The van der Waals surface area contributed by atoms with Crippen molar-refractivity contribution in [2.24, 2.45) is 5.92 Å². The molecule has 1 aromatic heterocycles. The van der Waals surface area contributed by atoms with Crippen LogP contribution in [-0.4, -0.2) is 17.1 Å². The number of thiazole rings is 1. The van der Waals surface area contributed by atoms with E-state index in [2.05, 4.69) is 33.9 Å². The summed E-state index contributed by atoms with van der Waals surface area (Å²) in [5.41, 5.74) is 5.46. The molecule has 2 aromatic carbocycles. The van der Waals surface area contributed by atoms with Crippen molar-refractivity contribution in [1.29, 1.82) is 0 Å². The van der Waals surface area contributed by atoms with Gasteiger partial charge in [0.15, 0.2) is 0 Å². The molecule has 0 bridgehead atoms. The fraction of sp³-hybridized carbons (Fsp3) is 0.417. The average molecular weight is 423 g/mol. The van der Waals surface area contributed by atoms with Crippen LogP contribution in [0.15, 0.2) is 48.0 Å². The minimum atomic E-state index is -0.235. The summed E-state index contributed by atoms with van der Waals surface area (Å²) in [5.74, 6) is 0.858. The van der Waals surface area contributed by atoms with Crippen LogP contribution < -0.4 is 16.0 Å². The van der Waals surface area contributed by atoms with Crippen LogP contribution in [0.5, 0.6) is 0 Å². The zero-order chi connectivity index (χ0) is 20.8. The molecule has 1 fully saturated rings. The highest BCUT2D eigenvalue weighted by atomic mass is 32.1. The van der Waals surface area contributed by atoms with E-state index in [1.165, 1.54) is 38.5 Å². The summed E-state index contributed by atoms with van der Waals surface area (Å²) in [6.07, 6.45) is 8.15. The second kappa shape index (κ2) is 10.0. The van der Waals surface area contributed by atoms with Gasteiger partial charge in [-0.05, 0) is 49.1 Å². The molecule has 0 saturated heterocycles. The number of fused-ring (bicyclic) bond motifs is 1. The van der Waals surface area contributed by atoms with Crippen molar-refractivity contribution >= 4 is 39.0 Å². The van der Waals surface area contributed by atoms with Gasteiger partial charge in [-0.25, -0.2) is 9.78 Å². The van der Waals surface area contributed by atoms with Crippen molar-refractivity contribution in [2.75, 3.05) is 10.6 Å². The molecule has 5 nitrogen and oxygen atoms in total. The number of rotatable bonds is 7. The van der Waals surface area contributed by atoms with Gasteiger partial charge in [0.05, 0.1) is 15.7 Å². The molecule has 158 valence electrons. The van der Waals surface area contributed by atoms with E-state index in [9.17, 15) is 4.79 Å². The maximum atomic E-state index is 12.6. The highest BCUT2D eigenvalue weighted by Gasteiger charge is 2.16. The van der Waals surface area contributed by atoms with E-state index in [4.69, 9.17) is 0 Å². The third-order valence-corrected chi connectivity index (χ3v) is 6.70. The lowest BCUT2D eigenvalue weighted by molar-refractivity contribution is 0.262. The minimum Gasteiger partial charge on any atom is -0.310 e. The average Bonchev–Trinajstić information content (AvgIpc) is 3.22. The van der Waals surface area contributed by atoms with Gasteiger partial charge in [0.1, 0.15) is 0 Å². The first-order valence-corrected chi connectivity index (χ1v) is 11.8. The highest BCUT2D eigenvalue weighted by Crippen LogP contribution is 2.27. The van der Waals surface area contributed by atoms with Crippen LogP contribution in [0.2, 0.25) is 0 Å². The second-order valence-corrected chi connectivity index (χ2v) is 9.18. The Kier molecular flexibility index (Phi) is 6.97. The van der Waals surface area contributed by atoms with Gasteiger partial charge in [-0.15, -0.1) is 11.3 Å². The summed E-state index contributed by atoms with van der Waals surface area (Å²) >= 11 is 1.57. The Balaban J connectivity index is 1.32. The number of urea groups is 1. The molecule has 2 amide bonds. The van der Waals surface area contributed by atoms with Crippen molar-refractivity contribution in [3.8, 4) is 0 Å². The number of para-hydroxylation sites is 1. The zero-order valence-electron chi connectivity index (χ0n) is 17.5. The predicted octanol–water partition coefficient (Wildman–Crippen LogP) is 6.39. The topological polar surface area (TPSA) is 66.0 Å². The standard InChI is InChI=1S/C24H30N4OS/c1-17(13-18-7-3-2-4-8-18)25-15-19-9-5-6-10-21(19)28-24(29)27-20-11-12-22-23(14-20)30-16-26-22/h5-6,9-12,14,16-18,25H,2-4,7-8,13,15H2,1H3,(H2,27,28,29)/t17-/m0/s1. The van der Waals surface area contributed by atoms with Crippen LogP contribution >= 0.6 is 11.3 Å². The fourth-order valence-corrected chi connectivity index (χ4v) is 5.02. The number of nitrogens with one attached hydrogen (secondary N) is 3. The third-order valence-electron chi connectivity index (χ3n) is 5.91. The Morgan fingerprint density at radius 3 is 2.83 bits per heavy atom. The maximum absolute atomic E-state index is 12.6. The van der Waals surface area contributed by atoms with Gasteiger partial charge in [0.25, 0.3) is 0 Å². The Morgan fingerprint density at radius 2 is 1.97 bits per heavy atom. The number of carbonyl (C=O) groups excluding carboxylic acids is 1. The fourth-order valence-electron chi connectivity index (χ4n) is 4.30. The lowest BCUT2D eigenvalue weighted by atomic mass is 9.85. The van der Waals surface area contributed by atoms with E-state index >= 15 is 0 Å². The Labute approximate surface area is 182 Å². The van der Waals surface area contributed by atoms with Gasteiger partial charge in [0, 0.05) is 24.0 Å². The van der Waals surface area contributed by atoms with Crippen LogP contribution in [0.3, 0.4) is 0 Å². The Bertz CT molecular complexity index is 980. The maximum Gasteiger partial charge on any atom is 0.323 e. The molecule has 6 heteroatoms. The Hall–Kier alpha value is -2.44. The van der Waals surface area contributed by atoms with Crippen molar-refractivity contribution in [3.63, 3.8) is 0 Å². The van der Waals surface area contributed by atoms with Crippen molar-refractivity contribution < 1.29 is 4.79 Å². The quantitative estimate of drug-likeness (QED) is 0.413. The monoisotopic (exact) mass is 422 g/mol. The minimum absolute atomic E-state index is 0.235. The van der Waals surface area contributed by atoms with Gasteiger partial charge >= 0.3 is 6.03 Å². The van der Waals surface area contributed by atoms with E-state index in [0.717, 1.165) is 39.6 Å². The Morgan fingerprint density at radius 1 is 1.13 bits per heavy atom. The lowest BCUT2D eigenvalue weighted by Crippen LogP contribution is -2.29. The van der Waals surface area contributed by atoms with Gasteiger partial charge < -0.3 is 16.0 Å². The first-order valence-electron chi connectivity index (χ1n) is 10.9. The predicted molar refractivity (Wildman–Crippen MR) is 126 cm³/mol. The summed E-state index contributed by atoms with van der Waals surface area (Å²) in [6, 6.07) is 14.0. The van der Waals surface area contributed by atoms with E-state index in [1.54, 1.807) is 11.3 Å². The summed E-state index contributed by atoms with van der Waals surface area (Å²) in [4.78, 5) is 16.8. The number of hydrogen-bond acceptors (Lipinski definition) is 4. The molecule has 0 unspecified atom stereocenters. The van der Waals surface area contributed by atoms with Crippen LogP contribution in [-0.2, 0) is 6.54 Å². The second-order valence-electron chi connectivity index (χ2n) is 8.29. The smallest absolute Gasteiger partial charge is 0.310 e. The summed E-state index contributed by atoms with van der Waals surface area (Å²) in [7, 11) is 0. The molecule has 0 spiro atoms. The first kappa shape index (κ1) is 20.8. The van der Waals surface area contributed by atoms with E-state index in [-0.39, 0.29) is 6.03 Å². The number of anilines is 2. The van der Waals surface area contributed by atoms with Crippen LogP contribution in [0, 0.1) is 5.92 Å². The zero-order valence-corrected chi connectivity index (χ0v) is 18.3.